The maximum Gasteiger partial charge on any atom is 0.253 e. The van der Waals surface area contributed by atoms with Crippen molar-refractivity contribution in [1.29, 1.82) is 0 Å². The molecule has 2 aliphatic heterocycles. The second kappa shape index (κ2) is 10.9. The summed E-state index contributed by atoms with van der Waals surface area (Å²) in [5.74, 6) is 0.343. The van der Waals surface area contributed by atoms with E-state index in [9.17, 15) is 14.7 Å². The number of benzene rings is 2. The fourth-order valence-electron chi connectivity index (χ4n) is 5.53. The first-order valence-corrected chi connectivity index (χ1v) is 12.5. The molecule has 0 aromatic heterocycles. The van der Waals surface area contributed by atoms with Gasteiger partial charge in [0.15, 0.2) is 0 Å². The quantitative estimate of drug-likeness (QED) is 0.691. The van der Waals surface area contributed by atoms with Crippen LogP contribution in [0.2, 0.25) is 0 Å². The Balaban J connectivity index is 1.55. The van der Waals surface area contributed by atoms with Gasteiger partial charge in [0.05, 0.1) is 13.2 Å². The zero-order chi connectivity index (χ0) is 25.1. The number of fused-ring (bicyclic) bond motifs is 1. The number of aliphatic hydroxyl groups excluding tert-OH is 1. The molecule has 0 bridgehead atoms. The van der Waals surface area contributed by atoms with Crippen LogP contribution < -0.4 is 0 Å². The van der Waals surface area contributed by atoms with Crippen LogP contribution in [0.1, 0.15) is 34.7 Å². The molecule has 7 heteroatoms. The number of carbonyl (C=O) groups excluding carboxylic acids is 2. The summed E-state index contributed by atoms with van der Waals surface area (Å²) in [6, 6.07) is 16.5. The van der Waals surface area contributed by atoms with Crippen LogP contribution in [0.4, 0.5) is 0 Å². The smallest absolute Gasteiger partial charge is 0.253 e. The van der Waals surface area contributed by atoms with Crippen LogP contribution >= 0.6 is 0 Å². The van der Waals surface area contributed by atoms with Gasteiger partial charge in [-0.05, 0) is 62.3 Å². The molecule has 2 aromatic carbocycles. The van der Waals surface area contributed by atoms with Crippen molar-refractivity contribution in [2.24, 2.45) is 0 Å². The van der Waals surface area contributed by atoms with Gasteiger partial charge in [-0.1, -0.05) is 36.4 Å². The highest BCUT2D eigenvalue weighted by atomic mass is 16.3. The molecular formula is C28H38N4O3. The summed E-state index contributed by atoms with van der Waals surface area (Å²) in [4.78, 5) is 33.1. The predicted octanol–water partition coefficient (Wildman–Crippen LogP) is 2.37. The fourth-order valence-corrected chi connectivity index (χ4v) is 5.53. The fraction of sp³-hybridized carbons (Fsp3) is 0.500. The average molecular weight is 479 g/mol. The van der Waals surface area contributed by atoms with E-state index >= 15 is 0 Å². The Labute approximate surface area is 208 Å². The Morgan fingerprint density at radius 2 is 1.69 bits per heavy atom. The number of amides is 2. The van der Waals surface area contributed by atoms with E-state index in [1.54, 1.807) is 19.0 Å². The lowest BCUT2D eigenvalue weighted by Crippen LogP contribution is -2.68. The third-order valence-electron chi connectivity index (χ3n) is 7.32. The monoisotopic (exact) mass is 478 g/mol. The second-order valence-corrected chi connectivity index (χ2v) is 10.3. The summed E-state index contributed by atoms with van der Waals surface area (Å²) in [5.41, 5.74) is 3.92. The first-order valence-electron chi connectivity index (χ1n) is 12.5. The largest absolute Gasteiger partial charge is 0.395 e. The van der Waals surface area contributed by atoms with Crippen molar-refractivity contribution in [3.8, 4) is 11.1 Å². The van der Waals surface area contributed by atoms with Crippen molar-refractivity contribution < 1.29 is 14.7 Å². The molecule has 3 atom stereocenters. The van der Waals surface area contributed by atoms with Gasteiger partial charge in [-0.3, -0.25) is 14.5 Å². The Hall–Kier alpha value is -2.74. The van der Waals surface area contributed by atoms with E-state index in [1.165, 1.54) is 5.56 Å². The summed E-state index contributed by atoms with van der Waals surface area (Å²) < 4.78 is 0. The maximum absolute atomic E-state index is 12.9. The van der Waals surface area contributed by atoms with Crippen molar-refractivity contribution >= 4 is 11.8 Å². The standard InChI is InChI=1S/C28H38N4O3/c1-29(2)18-26(34)31-14-5-6-15-32-24(17-31)27(25(32)19-33)21-12-10-20(11-13-21)22-8-7-9-23(16-22)28(35)30(3)4/h7-13,16,24-25,27,33H,5-6,14-15,17-19H2,1-4H3/t24-,25+,27-/m1/s1. The molecule has 2 aliphatic rings. The number of hydrogen-bond donors (Lipinski definition) is 1. The molecule has 0 unspecified atom stereocenters. The highest BCUT2D eigenvalue weighted by Crippen LogP contribution is 2.42. The van der Waals surface area contributed by atoms with Crippen molar-refractivity contribution in [2.45, 2.75) is 30.8 Å². The van der Waals surface area contributed by atoms with Crippen molar-refractivity contribution in [3.05, 3.63) is 59.7 Å². The third kappa shape index (κ3) is 5.42. The minimum Gasteiger partial charge on any atom is -0.395 e. The molecule has 4 rings (SSSR count). The highest BCUT2D eigenvalue weighted by molar-refractivity contribution is 5.95. The molecular weight excluding hydrogens is 440 g/mol. The zero-order valence-corrected chi connectivity index (χ0v) is 21.4. The molecule has 188 valence electrons. The SMILES string of the molecule is CN(C)CC(=O)N1CCCCN2[C@H](C1)[C@@H](c1ccc(-c3cccc(C(=O)N(C)C)c3)cc1)[C@@H]2CO. The van der Waals surface area contributed by atoms with Crippen molar-refractivity contribution in [1.82, 2.24) is 19.6 Å². The van der Waals surface area contributed by atoms with Gasteiger partial charge in [-0.15, -0.1) is 0 Å². The first kappa shape index (κ1) is 25.4. The summed E-state index contributed by atoms with van der Waals surface area (Å²) in [6.07, 6.45) is 2.03. The highest BCUT2D eigenvalue weighted by Gasteiger charge is 2.49. The molecule has 7 nitrogen and oxygen atoms in total. The zero-order valence-electron chi connectivity index (χ0n) is 21.4. The van der Waals surface area contributed by atoms with Crippen LogP contribution in [0.5, 0.6) is 0 Å². The summed E-state index contributed by atoms with van der Waals surface area (Å²) in [6.45, 7) is 3.00. The van der Waals surface area contributed by atoms with E-state index in [1.807, 2.05) is 48.2 Å². The Bertz CT molecular complexity index is 1040. The lowest BCUT2D eigenvalue weighted by Gasteiger charge is -2.57. The van der Waals surface area contributed by atoms with Gasteiger partial charge >= 0.3 is 0 Å². The molecule has 2 heterocycles. The summed E-state index contributed by atoms with van der Waals surface area (Å²) >= 11 is 0. The van der Waals surface area contributed by atoms with E-state index in [-0.39, 0.29) is 36.4 Å². The van der Waals surface area contributed by atoms with Gasteiger partial charge in [-0.25, -0.2) is 0 Å². The van der Waals surface area contributed by atoms with Crippen LogP contribution in [0.3, 0.4) is 0 Å². The van der Waals surface area contributed by atoms with Gasteiger partial charge in [0.2, 0.25) is 5.91 Å². The number of likely N-dealkylation sites (N-methyl/N-ethyl adjacent to an activating group) is 1. The lowest BCUT2D eigenvalue weighted by molar-refractivity contribution is -0.137. The lowest BCUT2D eigenvalue weighted by atomic mass is 9.74. The molecule has 0 spiro atoms. The van der Waals surface area contributed by atoms with Crippen molar-refractivity contribution in [2.75, 3.05) is 61.0 Å². The van der Waals surface area contributed by atoms with E-state index in [0.29, 0.717) is 18.7 Å². The molecule has 0 aliphatic carbocycles. The Morgan fingerprint density at radius 1 is 0.971 bits per heavy atom. The van der Waals surface area contributed by atoms with E-state index < -0.39 is 0 Å². The molecule has 0 radical (unpaired) electrons. The minimum absolute atomic E-state index is 0.0125. The van der Waals surface area contributed by atoms with Gasteiger partial charge in [0.25, 0.3) is 5.91 Å². The number of carbonyl (C=O) groups is 2. The molecule has 2 amide bonds. The van der Waals surface area contributed by atoms with Crippen LogP contribution in [0.25, 0.3) is 11.1 Å². The Morgan fingerprint density at radius 3 is 2.34 bits per heavy atom. The third-order valence-corrected chi connectivity index (χ3v) is 7.32. The number of rotatable bonds is 6. The number of nitrogens with zero attached hydrogens (tertiary/aromatic N) is 4. The molecule has 2 aromatic rings. The average Bonchev–Trinajstić information content (AvgIpc) is 2.82. The molecule has 2 saturated heterocycles. The Kier molecular flexibility index (Phi) is 7.89. The molecule has 35 heavy (non-hydrogen) atoms. The van der Waals surface area contributed by atoms with E-state index in [0.717, 1.165) is 37.1 Å². The molecule has 0 saturated carbocycles. The number of aliphatic hydroxyl groups is 1. The van der Waals surface area contributed by atoms with Crippen LogP contribution in [-0.4, -0.2) is 110 Å². The van der Waals surface area contributed by atoms with Gasteiger partial charge in [0.1, 0.15) is 0 Å². The molecule has 2 fully saturated rings. The van der Waals surface area contributed by atoms with Crippen molar-refractivity contribution in [3.63, 3.8) is 0 Å². The van der Waals surface area contributed by atoms with Crippen LogP contribution in [0, 0.1) is 0 Å². The van der Waals surface area contributed by atoms with E-state index in [2.05, 4.69) is 29.2 Å². The van der Waals surface area contributed by atoms with E-state index in [4.69, 9.17) is 0 Å². The summed E-state index contributed by atoms with van der Waals surface area (Å²) in [5, 5.41) is 10.2. The maximum atomic E-state index is 12.9. The van der Waals surface area contributed by atoms with Crippen LogP contribution in [0.15, 0.2) is 48.5 Å². The molecule has 1 N–H and O–H groups in total. The van der Waals surface area contributed by atoms with Gasteiger partial charge in [0, 0.05) is 50.7 Å². The van der Waals surface area contributed by atoms with Crippen LogP contribution in [-0.2, 0) is 4.79 Å². The minimum atomic E-state index is -0.0125. The van der Waals surface area contributed by atoms with Gasteiger partial charge in [-0.2, -0.15) is 0 Å². The summed E-state index contributed by atoms with van der Waals surface area (Å²) in [7, 11) is 7.37. The number of hydrogen-bond acceptors (Lipinski definition) is 5. The predicted molar refractivity (Wildman–Crippen MR) is 138 cm³/mol. The van der Waals surface area contributed by atoms with Gasteiger partial charge < -0.3 is 19.8 Å². The normalized spacial score (nSPS) is 22.7. The topological polar surface area (TPSA) is 67.3 Å². The second-order valence-electron chi connectivity index (χ2n) is 10.3. The first-order chi connectivity index (χ1) is 16.8.